The van der Waals surface area contributed by atoms with Gasteiger partial charge in [-0.05, 0) is 30.8 Å². The highest BCUT2D eigenvalue weighted by atomic mass is 16.5. The van der Waals surface area contributed by atoms with Gasteiger partial charge in [0.1, 0.15) is 30.7 Å². The number of aliphatic hydroxyl groups is 1. The van der Waals surface area contributed by atoms with Crippen LogP contribution in [0, 0.1) is 11.3 Å². The average Bonchev–Trinajstić information content (AvgIpc) is 2.76. The van der Waals surface area contributed by atoms with Gasteiger partial charge < -0.3 is 20.5 Å². The van der Waals surface area contributed by atoms with E-state index >= 15 is 0 Å². The Labute approximate surface area is 169 Å². The summed E-state index contributed by atoms with van der Waals surface area (Å²) in [5.74, 6) is -0.472. The fraction of sp³-hybridized carbons (Fsp3) is 0.286. The second-order valence-electron chi connectivity index (χ2n) is 6.14. The first kappa shape index (κ1) is 21.9. The van der Waals surface area contributed by atoms with Crippen LogP contribution in [0.1, 0.15) is 22.8 Å². The lowest BCUT2D eigenvalue weighted by atomic mass is 10.2. The molecule has 4 N–H and O–H groups in total. The first-order chi connectivity index (χ1) is 14.0. The van der Waals surface area contributed by atoms with E-state index in [0.717, 1.165) is 0 Å². The molecule has 0 bridgehead atoms. The number of aliphatic hydroxyl groups excluding tert-OH is 1. The lowest BCUT2D eigenvalue weighted by Gasteiger charge is -2.25. The molecule has 0 aliphatic rings. The van der Waals surface area contributed by atoms with Crippen molar-refractivity contribution in [3.63, 3.8) is 0 Å². The zero-order chi connectivity index (χ0) is 21.1. The summed E-state index contributed by atoms with van der Waals surface area (Å²) in [4.78, 5) is 24.2. The first-order valence-electron chi connectivity index (χ1n) is 9.21. The van der Waals surface area contributed by atoms with Crippen molar-refractivity contribution in [1.29, 1.82) is 5.26 Å². The quantitative estimate of drug-likeness (QED) is 0.440. The zero-order valence-corrected chi connectivity index (χ0v) is 16.1. The second-order valence-corrected chi connectivity index (χ2v) is 6.14. The number of benzene rings is 2. The molecule has 2 rings (SSSR count). The molecule has 2 amide bonds. The topological polar surface area (TPSA) is 123 Å². The SMILES string of the molecule is CCNC(NC(=O)CNC(=O)c1ccccc1)C(O)COc1ccccc1C#N. The number of nitrogens with zero attached hydrogens (tertiary/aromatic N) is 1. The molecule has 2 unspecified atom stereocenters. The predicted molar refractivity (Wildman–Crippen MR) is 107 cm³/mol. The highest BCUT2D eigenvalue weighted by Gasteiger charge is 2.22. The van der Waals surface area contributed by atoms with E-state index in [1.807, 2.05) is 13.0 Å². The standard InChI is InChI=1S/C21H24N4O4/c1-2-23-20(17(26)14-29-18-11-7-6-10-16(18)12-22)25-19(27)13-24-21(28)15-8-4-3-5-9-15/h3-11,17,20,23,26H,2,13-14H2,1H3,(H,24,28)(H,25,27). The van der Waals surface area contributed by atoms with Crippen LogP contribution < -0.4 is 20.7 Å². The minimum absolute atomic E-state index is 0.132. The summed E-state index contributed by atoms with van der Waals surface area (Å²) >= 11 is 0. The van der Waals surface area contributed by atoms with Crippen molar-refractivity contribution in [3.8, 4) is 11.8 Å². The van der Waals surface area contributed by atoms with Crippen LogP contribution in [-0.2, 0) is 4.79 Å². The van der Waals surface area contributed by atoms with Gasteiger partial charge in [-0.1, -0.05) is 37.3 Å². The molecule has 0 aromatic heterocycles. The second kappa shape index (κ2) is 11.4. The number of carbonyl (C=O) groups excluding carboxylic acids is 2. The highest BCUT2D eigenvalue weighted by Crippen LogP contribution is 2.16. The summed E-state index contributed by atoms with van der Waals surface area (Å²) in [6, 6.07) is 17.3. The van der Waals surface area contributed by atoms with E-state index < -0.39 is 18.2 Å². The third-order valence-electron chi connectivity index (χ3n) is 3.99. The lowest BCUT2D eigenvalue weighted by Crippen LogP contribution is -2.56. The van der Waals surface area contributed by atoms with E-state index in [2.05, 4.69) is 16.0 Å². The molecule has 0 radical (unpaired) electrons. The molecule has 8 nitrogen and oxygen atoms in total. The van der Waals surface area contributed by atoms with Crippen LogP contribution in [0.25, 0.3) is 0 Å². The molecule has 0 aliphatic carbocycles. The number of ether oxygens (including phenoxy) is 1. The summed E-state index contributed by atoms with van der Waals surface area (Å²) < 4.78 is 5.52. The predicted octanol–water partition coefficient (Wildman–Crippen LogP) is 0.780. The van der Waals surface area contributed by atoms with Gasteiger partial charge in [-0.2, -0.15) is 5.26 Å². The summed E-state index contributed by atoms with van der Waals surface area (Å²) in [7, 11) is 0. The number of nitriles is 1. The van der Waals surface area contributed by atoms with Gasteiger partial charge in [0.25, 0.3) is 5.91 Å². The van der Waals surface area contributed by atoms with Crippen LogP contribution in [0.15, 0.2) is 54.6 Å². The van der Waals surface area contributed by atoms with E-state index in [4.69, 9.17) is 10.00 Å². The fourth-order valence-corrected chi connectivity index (χ4v) is 2.54. The number of hydrogen-bond acceptors (Lipinski definition) is 6. The Morgan fingerprint density at radius 2 is 1.83 bits per heavy atom. The third kappa shape index (κ3) is 6.92. The van der Waals surface area contributed by atoms with Crippen LogP contribution in [-0.4, -0.2) is 48.9 Å². The molecule has 0 fully saturated rings. The van der Waals surface area contributed by atoms with Crippen LogP contribution >= 0.6 is 0 Å². The Morgan fingerprint density at radius 1 is 1.14 bits per heavy atom. The molecule has 2 aromatic rings. The molecule has 29 heavy (non-hydrogen) atoms. The van der Waals surface area contributed by atoms with Gasteiger partial charge in [0, 0.05) is 5.56 Å². The van der Waals surface area contributed by atoms with E-state index in [0.29, 0.717) is 23.4 Å². The Kier molecular flexibility index (Phi) is 8.63. The van der Waals surface area contributed by atoms with Crippen molar-refractivity contribution < 1.29 is 19.4 Å². The summed E-state index contributed by atoms with van der Waals surface area (Å²) in [5, 5.41) is 27.6. The molecule has 0 saturated heterocycles. The van der Waals surface area contributed by atoms with Gasteiger partial charge in [0.2, 0.25) is 5.91 Å². The molecule has 2 aromatic carbocycles. The zero-order valence-electron chi connectivity index (χ0n) is 16.1. The number of hydrogen-bond donors (Lipinski definition) is 4. The van der Waals surface area contributed by atoms with Gasteiger partial charge in [0.05, 0.1) is 12.1 Å². The Bertz CT molecular complexity index is 851. The van der Waals surface area contributed by atoms with Crippen molar-refractivity contribution in [1.82, 2.24) is 16.0 Å². The van der Waals surface area contributed by atoms with Crippen LogP contribution in [0.3, 0.4) is 0 Å². The number of rotatable bonds is 10. The van der Waals surface area contributed by atoms with Crippen molar-refractivity contribution in [2.24, 2.45) is 0 Å². The maximum absolute atomic E-state index is 12.2. The van der Waals surface area contributed by atoms with Gasteiger partial charge >= 0.3 is 0 Å². The Balaban J connectivity index is 1.86. The van der Waals surface area contributed by atoms with Crippen LogP contribution in [0.5, 0.6) is 5.75 Å². The summed E-state index contributed by atoms with van der Waals surface area (Å²) in [6.07, 6.45) is -1.86. The number of amides is 2. The highest BCUT2D eigenvalue weighted by molar-refractivity contribution is 5.96. The monoisotopic (exact) mass is 396 g/mol. The van der Waals surface area contributed by atoms with Gasteiger partial charge in [-0.15, -0.1) is 0 Å². The lowest BCUT2D eigenvalue weighted by molar-refractivity contribution is -0.122. The average molecular weight is 396 g/mol. The van der Waals surface area contributed by atoms with E-state index in [1.54, 1.807) is 54.6 Å². The normalized spacial score (nSPS) is 12.3. The fourth-order valence-electron chi connectivity index (χ4n) is 2.54. The number of nitrogens with one attached hydrogen (secondary N) is 3. The van der Waals surface area contributed by atoms with Crippen molar-refractivity contribution in [2.45, 2.75) is 19.2 Å². The maximum Gasteiger partial charge on any atom is 0.251 e. The molecule has 0 heterocycles. The Morgan fingerprint density at radius 3 is 2.52 bits per heavy atom. The number of para-hydroxylation sites is 1. The summed E-state index contributed by atoms with van der Waals surface area (Å²) in [5.41, 5.74) is 0.806. The molecule has 2 atom stereocenters. The van der Waals surface area contributed by atoms with Crippen LogP contribution in [0.4, 0.5) is 0 Å². The van der Waals surface area contributed by atoms with Gasteiger partial charge in [-0.25, -0.2) is 0 Å². The van der Waals surface area contributed by atoms with Crippen molar-refractivity contribution >= 4 is 11.8 Å². The number of likely N-dealkylation sites (N-methyl/N-ethyl adjacent to an activating group) is 1. The molecule has 0 saturated carbocycles. The minimum Gasteiger partial charge on any atom is -0.489 e. The molecule has 0 aliphatic heterocycles. The molecular weight excluding hydrogens is 372 g/mol. The molecule has 8 heteroatoms. The summed E-state index contributed by atoms with van der Waals surface area (Å²) in [6.45, 7) is 1.95. The minimum atomic E-state index is -1.07. The Hall–Kier alpha value is -3.41. The van der Waals surface area contributed by atoms with E-state index in [1.165, 1.54) is 0 Å². The third-order valence-corrected chi connectivity index (χ3v) is 3.99. The maximum atomic E-state index is 12.2. The van der Waals surface area contributed by atoms with Crippen molar-refractivity contribution in [2.75, 3.05) is 19.7 Å². The molecular formula is C21H24N4O4. The smallest absolute Gasteiger partial charge is 0.251 e. The van der Waals surface area contributed by atoms with Crippen LogP contribution in [0.2, 0.25) is 0 Å². The van der Waals surface area contributed by atoms with Crippen molar-refractivity contribution in [3.05, 3.63) is 65.7 Å². The molecule has 0 spiro atoms. The van der Waals surface area contributed by atoms with Gasteiger partial charge in [-0.3, -0.25) is 14.9 Å². The van der Waals surface area contributed by atoms with E-state index in [-0.39, 0.29) is 19.1 Å². The van der Waals surface area contributed by atoms with E-state index in [9.17, 15) is 14.7 Å². The largest absolute Gasteiger partial charge is 0.489 e. The first-order valence-corrected chi connectivity index (χ1v) is 9.21. The number of carbonyl (C=O) groups is 2. The van der Waals surface area contributed by atoms with Gasteiger partial charge in [0.15, 0.2) is 0 Å². The molecule has 152 valence electrons.